The fourth-order valence-corrected chi connectivity index (χ4v) is 3.42. The van der Waals surface area contributed by atoms with Gasteiger partial charge in [-0.2, -0.15) is 13.2 Å². The number of alkyl halides is 3. The number of hydrogen-bond acceptors (Lipinski definition) is 4. The Labute approximate surface area is 159 Å². The molecule has 0 bridgehead atoms. The molecular formula is C19H22F3N3O3. The monoisotopic (exact) mass is 397 g/mol. The van der Waals surface area contributed by atoms with Crippen LogP contribution in [0, 0.1) is 0 Å². The van der Waals surface area contributed by atoms with Gasteiger partial charge in [0.2, 0.25) is 5.91 Å². The van der Waals surface area contributed by atoms with Crippen LogP contribution in [0.1, 0.15) is 36.6 Å². The minimum Gasteiger partial charge on any atom is -0.468 e. The van der Waals surface area contributed by atoms with Crippen LogP contribution in [-0.2, 0) is 17.5 Å². The maximum Gasteiger partial charge on any atom is 0.421 e. The highest BCUT2D eigenvalue weighted by molar-refractivity contribution is 5.75. The minimum atomic E-state index is -4.75. The van der Waals surface area contributed by atoms with E-state index in [1.165, 1.54) is 6.20 Å². The first-order chi connectivity index (χ1) is 13.4. The first-order valence-electron chi connectivity index (χ1n) is 9.17. The van der Waals surface area contributed by atoms with Crippen molar-refractivity contribution in [2.45, 2.75) is 38.0 Å². The molecule has 152 valence electrons. The van der Waals surface area contributed by atoms with Gasteiger partial charge in [-0.3, -0.25) is 14.5 Å². The van der Waals surface area contributed by atoms with Gasteiger partial charge in [0.1, 0.15) is 17.9 Å². The SMILES string of the molecule is O=C(Cn1cccc(C(F)(F)F)c1=O)NCC(c1ccco1)N1CCCCC1. The average Bonchev–Trinajstić information content (AvgIpc) is 3.18. The van der Waals surface area contributed by atoms with Gasteiger partial charge in [0, 0.05) is 12.7 Å². The molecule has 1 saturated heterocycles. The maximum atomic E-state index is 12.9. The van der Waals surface area contributed by atoms with Crippen molar-refractivity contribution in [2.24, 2.45) is 0 Å². The number of likely N-dealkylation sites (tertiary alicyclic amines) is 1. The zero-order valence-corrected chi connectivity index (χ0v) is 15.2. The summed E-state index contributed by atoms with van der Waals surface area (Å²) >= 11 is 0. The third kappa shape index (κ3) is 4.83. The van der Waals surface area contributed by atoms with Crippen molar-refractivity contribution < 1.29 is 22.4 Å². The van der Waals surface area contributed by atoms with E-state index in [-0.39, 0.29) is 12.6 Å². The Morgan fingerprint density at radius 2 is 1.93 bits per heavy atom. The number of carbonyl (C=O) groups is 1. The topological polar surface area (TPSA) is 67.5 Å². The molecule has 28 heavy (non-hydrogen) atoms. The molecule has 2 aromatic heterocycles. The molecule has 0 spiro atoms. The summed E-state index contributed by atoms with van der Waals surface area (Å²) in [5.74, 6) is 0.188. The van der Waals surface area contributed by atoms with Crippen LogP contribution in [0.15, 0.2) is 45.9 Å². The van der Waals surface area contributed by atoms with Gasteiger partial charge in [0.15, 0.2) is 0 Å². The van der Waals surface area contributed by atoms with Crippen molar-refractivity contribution in [1.82, 2.24) is 14.8 Å². The lowest BCUT2D eigenvalue weighted by Crippen LogP contribution is -2.42. The second-order valence-electron chi connectivity index (χ2n) is 6.78. The maximum absolute atomic E-state index is 12.9. The van der Waals surface area contributed by atoms with Gasteiger partial charge in [-0.05, 0) is 50.2 Å². The number of nitrogens with one attached hydrogen (secondary N) is 1. The largest absolute Gasteiger partial charge is 0.468 e. The highest BCUT2D eigenvalue weighted by atomic mass is 19.4. The van der Waals surface area contributed by atoms with Gasteiger partial charge >= 0.3 is 6.18 Å². The second-order valence-corrected chi connectivity index (χ2v) is 6.78. The molecule has 0 aromatic carbocycles. The molecule has 9 heteroatoms. The summed E-state index contributed by atoms with van der Waals surface area (Å²) in [4.78, 5) is 26.5. The Balaban J connectivity index is 1.66. The highest BCUT2D eigenvalue weighted by Crippen LogP contribution is 2.26. The Morgan fingerprint density at radius 3 is 2.57 bits per heavy atom. The molecule has 1 unspecified atom stereocenters. The van der Waals surface area contributed by atoms with E-state index in [0.29, 0.717) is 6.07 Å². The normalized spacial score (nSPS) is 16.7. The van der Waals surface area contributed by atoms with Crippen LogP contribution in [-0.4, -0.2) is 35.0 Å². The first-order valence-corrected chi connectivity index (χ1v) is 9.17. The highest BCUT2D eigenvalue weighted by Gasteiger charge is 2.34. The Kier molecular flexibility index (Phi) is 6.23. The van der Waals surface area contributed by atoms with E-state index in [9.17, 15) is 22.8 Å². The van der Waals surface area contributed by atoms with E-state index in [4.69, 9.17) is 4.42 Å². The standard InChI is InChI=1S/C19H22F3N3O3/c20-19(21,22)14-6-4-10-25(18(14)27)13-17(26)23-12-15(16-7-5-11-28-16)24-8-2-1-3-9-24/h4-7,10-11,15H,1-3,8-9,12-13H2,(H,23,26). The zero-order chi connectivity index (χ0) is 20.1. The van der Waals surface area contributed by atoms with E-state index in [1.54, 1.807) is 12.3 Å². The van der Waals surface area contributed by atoms with Crippen molar-refractivity contribution in [3.63, 3.8) is 0 Å². The number of furan rings is 1. The zero-order valence-electron chi connectivity index (χ0n) is 15.2. The van der Waals surface area contributed by atoms with E-state index in [2.05, 4.69) is 10.2 Å². The van der Waals surface area contributed by atoms with Crippen LogP contribution in [0.25, 0.3) is 0 Å². The number of rotatable bonds is 6. The van der Waals surface area contributed by atoms with Crippen LogP contribution in [0.5, 0.6) is 0 Å². The molecule has 1 fully saturated rings. The number of carbonyl (C=O) groups excluding carboxylic acids is 1. The van der Waals surface area contributed by atoms with Crippen molar-refractivity contribution in [3.8, 4) is 0 Å². The molecule has 2 aromatic rings. The number of piperidine rings is 1. The lowest BCUT2D eigenvalue weighted by atomic mass is 10.1. The number of pyridine rings is 1. The Morgan fingerprint density at radius 1 is 1.18 bits per heavy atom. The molecule has 1 aliphatic heterocycles. The summed E-state index contributed by atoms with van der Waals surface area (Å²) in [6.45, 7) is 1.54. The quantitative estimate of drug-likeness (QED) is 0.814. The summed E-state index contributed by atoms with van der Waals surface area (Å²) in [6.07, 6.45) is 1.26. The number of halogens is 3. The molecule has 1 N–H and O–H groups in total. The molecule has 0 aliphatic carbocycles. The number of aromatic nitrogens is 1. The molecule has 1 aliphatic rings. The van der Waals surface area contributed by atoms with Gasteiger partial charge in [0.05, 0.1) is 12.3 Å². The number of nitrogens with zero attached hydrogens (tertiary/aromatic N) is 2. The molecule has 0 saturated carbocycles. The molecular weight excluding hydrogens is 375 g/mol. The smallest absolute Gasteiger partial charge is 0.421 e. The van der Waals surface area contributed by atoms with Crippen molar-refractivity contribution in [2.75, 3.05) is 19.6 Å². The minimum absolute atomic E-state index is 0.155. The summed E-state index contributed by atoms with van der Waals surface area (Å²) in [7, 11) is 0. The summed E-state index contributed by atoms with van der Waals surface area (Å²) in [5.41, 5.74) is -2.52. The summed E-state index contributed by atoms with van der Waals surface area (Å²) in [5, 5.41) is 2.72. The van der Waals surface area contributed by atoms with Crippen LogP contribution in [0.3, 0.4) is 0 Å². The van der Waals surface area contributed by atoms with Gasteiger partial charge < -0.3 is 14.3 Å². The predicted molar refractivity (Wildman–Crippen MR) is 95.6 cm³/mol. The lowest BCUT2D eigenvalue weighted by Gasteiger charge is -2.33. The third-order valence-electron chi connectivity index (χ3n) is 4.84. The van der Waals surface area contributed by atoms with Crippen LogP contribution >= 0.6 is 0 Å². The summed E-state index contributed by atoms with van der Waals surface area (Å²) < 4.78 is 44.8. The molecule has 1 atom stereocenters. The molecule has 3 heterocycles. The van der Waals surface area contributed by atoms with E-state index < -0.39 is 29.8 Å². The van der Waals surface area contributed by atoms with Crippen LogP contribution in [0.2, 0.25) is 0 Å². The van der Waals surface area contributed by atoms with Crippen LogP contribution < -0.4 is 10.9 Å². The third-order valence-corrected chi connectivity index (χ3v) is 4.84. The van der Waals surface area contributed by atoms with E-state index >= 15 is 0 Å². The molecule has 0 radical (unpaired) electrons. The molecule has 3 rings (SSSR count). The predicted octanol–water partition coefficient (Wildman–Crippen LogP) is 2.80. The summed E-state index contributed by atoms with van der Waals surface area (Å²) in [6, 6.07) is 5.27. The molecule has 6 nitrogen and oxygen atoms in total. The fraction of sp³-hybridized carbons (Fsp3) is 0.474. The Bertz CT molecular complexity index is 840. The Hall–Kier alpha value is -2.55. The van der Waals surface area contributed by atoms with Gasteiger partial charge in [-0.15, -0.1) is 0 Å². The van der Waals surface area contributed by atoms with E-state index in [0.717, 1.165) is 48.7 Å². The average molecular weight is 397 g/mol. The van der Waals surface area contributed by atoms with E-state index in [1.807, 2.05) is 6.07 Å². The van der Waals surface area contributed by atoms with Crippen molar-refractivity contribution in [1.29, 1.82) is 0 Å². The molecule has 1 amide bonds. The van der Waals surface area contributed by atoms with Crippen LogP contribution in [0.4, 0.5) is 13.2 Å². The van der Waals surface area contributed by atoms with Crippen molar-refractivity contribution in [3.05, 3.63) is 58.4 Å². The fourth-order valence-electron chi connectivity index (χ4n) is 3.42. The second kappa shape index (κ2) is 8.64. The number of hydrogen-bond donors (Lipinski definition) is 1. The number of amides is 1. The first kappa shape index (κ1) is 20.2. The van der Waals surface area contributed by atoms with Gasteiger partial charge in [-0.1, -0.05) is 6.42 Å². The lowest BCUT2D eigenvalue weighted by molar-refractivity contribution is -0.139. The van der Waals surface area contributed by atoms with Gasteiger partial charge in [0.25, 0.3) is 5.56 Å². The van der Waals surface area contributed by atoms with Crippen molar-refractivity contribution >= 4 is 5.91 Å². The van der Waals surface area contributed by atoms with Gasteiger partial charge in [-0.25, -0.2) is 0 Å².